The zero-order valence-corrected chi connectivity index (χ0v) is 10.4. The largest absolute Gasteiger partial charge is 0.386 e. The van der Waals surface area contributed by atoms with Gasteiger partial charge in [0, 0.05) is 24.2 Å². The first-order chi connectivity index (χ1) is 8.22. The highest BCUT2D eigenvalue weighted by Gasteiger charge is 2.14. The molecule has 90 valence electrons. The Morgan fingerprint density at radius 2 is 2.12 bits per heavy atom. The maximum Gasteiger partial charge on any atom is 0.0997 e. The molecule has 2 rings (SSSR count). The third-order valence-electron chi connectivity index (χ3n) is 2.76. The predicted molar refractivity (Wildman–Crippen MR) is 68.0 cm³/mol. The molecule has 0 amide bonds. The average Bonchev–Trinajstić information content (AvgIpc) is 2.80. The summed E-state index contributed by atoms with van der Waals surface area (Å²) in [5.41, 5.74) is 1.78. The second kappa shape index (κ2) is 5.34. The van der Waals surface area contributed by atoms with E-state index in [-0.39, 0.29) is 0 Å². The summed E-state index contributed by atoms with van der Waals surface area (Å²) in [4.78, 5) is 0. The van der Waals surface area contributed by atoms with E-state index in [0.717, 1.165) is 17.8 Å². The van der Waals surface area contributed by atoms with Gasteiger partial charge in [0.2, 0.25) is 0 Å². The molecular weight excluding hydrogens is 236 g/mol. The molecule has 1 atom stereocenters. The van der Waals surface area contributed by atoms with Gasteiger partial charge in [-0.3, -0.25) is 4.68 Å². The van der Waals surface area contributed by atoms with Crippen LogP contribution < -0.4 is 0 Å². The number of aliphatic hydroxyl groups is 1. The van der Waals surface area contributed by atoms with Gasteiger partial charge >= 0.3 is 0 Å². The second-order valence-corrected chi connectivity index (χ2v) is 4.29. The number of halogens is 1. The first-order valence-corrected chi connectivity index (χ1v) is 6.03. The number of hydrogen-bond acceptors (Lipinski definition) is 2. The molecule has 3 nitrogen and oxygen atoms in total. The number of nitrogens with zero attached hydrogens (tertiary/aromatic N) is 2. The van der Waals surface area contributed by atoms with Crippen molar-refractivity contribution in [1.29, 1.82) is 0 Å². The molecule has 1 unspecified atom stereocenters. The number of hydrogen-bond donors (Lipinski definition) is 1. The molecule has 17 heavy (non-hydrogen) atoms. The van der Waals surface area contributed by atoms with Gasteiger partial charge in [0.1, 0.15) is 0 Å². The Morgan fingerprint density at radius 1 is 1.35 bits per heavy atom. The minimum absolute atomic E-state index is 0.505. The van der Waals surface area contributed by atoms with Crippen molar-refractivity contribution in [1.82, 2.24) is 9.78 Å². The molecule has 0 aliphatic heterocycles. The molecular formula is C13H15ClN2O. The van der Waals surface area contributed by atoms with Gasteiger partial charge < -0.3 is 5.11 Å². The van der Waals surface area contributed by atoms with Gasteiger partial charge in [-0.05, 0) is 24.6 Å². The smallest absolute Gasteiger partial charge is 0.0997 e. The van der Waals surface area contributed by atoms with E-state index >= 15 is 0 Å². The van der Waals surface area contributed by atoms with E-state index in [4.69, 9.17) is 11.6 Å². The van der Waals surface area contributed by atoms with E-state index in [1.54, 1.807) is 10.9 Å². The molecule has 0 radical (unpaired) electrons. The van der Waals surface area contributed by atoms with E-state index in [2.05, 4.69) is 5.10 Å². The van der Waals surface area contributed by atoms with Crippen molar-refractivity contribution in [2.75, 3.05) is 0 Å². The lowest BCUT2D eigenvalue weighted by atomic mass is 10.1. The van der Waals surface area contributed by atoms with Crippen molar-refractivity contribution in [3.05, 3.63) is 52.8 Å². The fourth-order valence-electron chi connectivity index (χ4n) is 1.87. The Hall–Kier alpha value is -1.32. The molecule has 1 heterocycles. The molecule has 0 fully saturated rings. The molecule has 1 N–H and O–H groups in total. The summed E-state index contributed by atoms with van der Waals surface area (Å²) in [5, 5.41) is 15.0. The Balaban J connectivity index is 2.17. The van der Waals surface area contributed by atoms with Crippen LogP contribution in [0.2, 0.25) is 5.02 Å². The van der Waals surface area contributed by atoms with Crippen LogP contribution in [0.3, 0.4) is 0 Å². The highest BCUT2D eigenvalue weighted by atomic mass is 35.5. The van der Waals surface area contributed by atoms with Gasteiger partial charge in [0.15, 0.2) is 0 Å². The predicted octanol–water partition coefficient (Wildman–Crippen LogP) is 2.83. The summed E-state index contributed by atoms with van der Waals surface area (Å²) in [6.45, 7) is 2.75. The Labute approximate surface area is 106 Å². The number of aromatic nitrogens is 2. The van der Waals surface area contributed by atoms with E-state index < -0.39 is 6.10 Å². The molecule has 2 aromatic rings. The first kappa shape index (κ1) is 12.1. The maximum absolute atomic E-state index is 10.2. The topological polar surface area (TPSA) is 38.0 Å². The van der Waals surface area contributed by atoms with Gasteiger partial charge in [-0.1, -0.05) is 29.8 Å². The minimum Gasteiger partial charge on any atom is -0.386 e. The fraction of sp³-hybridized carbons (Fsp3) is 0.308. The van der Waals surface area contributed by atoms with Crippen molar-refractivity contribution in [2.45, 2.75) is 26.0 Å². The third kappa shape index (κ3) is 2.68. The van der Waals surface area contributed by atoms with Crippen LogP contribution in [0.5, 0.6) is 0 Å². The molecule has 1 aromatic heterocycles. The lowest BCUT2D eigenvalue weighted by Gasteiger charge is -2.13. The van der Waals surface area contributed by atoms with E-state index in [0.29, 0.717) is 11.4 Å². The van der Waals surface area contributed by atoms with Crippen LogP contribution in [0.4, 0.5) is 0 Å². The van der Waals surface area contributed by atoms with Crippen LogP contribution in [0.1, 0.15) is 24.3 Å². The van der Waals surface area contributed by atoms with Crippen LogP contribution in [0.15, 0.2) is 36.5 Å². The van der Waals surface area contributed by atoms with Crippen LogP contribution in [-0.4, -0.2) is 14.9 Å². The van der Waals surface area contributed by atoms with Crippen molar-refractivity contribution in [3.63, 3.8) is 0 Å². The highest BCUT2D eigenvalue weighted by molar-refractivity contribution is 6.31. The maximum atomic E-state index is 10.2. The molecule has 0 aliphatic rings. The molecule has 0 saturated carbocycles. The van der Waals surface area contributed by atoms with E-state index in [1.165, 1.54) is 0 Å². The van der Waals surface area contributed by atoms with Gasteiger partial charge in [-0.15, -0.1) is 0 Å². The monoisotopic (exact) mass is 250 g/mol. The third-order valence-corrected chi connectivity index (χ3v) is 3.13. The summed E-state index contributed by atoms with van der Waals surface area (Å²) < 4.78 is 1.79. The molecule has 0 saturated heterocycles. The van der Waals surface area contributed by atoms with Gasteiger partial charge in [0.25, 0.3) is 0 Å². The second-order valence-electron chi connectivity index (χ2n) is 3.88. The van der Waals surface area contributed by atoms with Crippen molar-refractivity contribution in [2.24, 2.45) is 0 Å². The van der Waals surface area contributed by atoms with E-state index in [9.17, 15) is 5.11 Å². The molecule has 0 aliphatic carbocycles. The SMILES string of the molecule is CCn1nccc1C(O)Cc1ccccc1Cl. The number of aliphatic hydroxyl groups excluding tert-OH is 1. The van der Waals surface area contributed by atoms with E-state index in [1.807, 2.05) is 37.3 Å². The normalized spacial score (nSPS) is 12.6. The minimum atomic E-state index is -0.572. The average molecular weight is 251 g/mol. The molecule has 0 spiro atoms. The summed E-state index contributed by atoms with van der Waals surface area (Å²) in [5.74, 6) is 0. The van der Waals surface area contributed by atoms with Crippen LogP contribution in [-0.2, 0) is 13.0 Å². The number of rotatable bonds is 4. The first-order valence-electron chi connectivity index (χ1n) is 5.65. The fourth-order valence-corrected chi connectivity index (χ4v) is 2.08. The van der Waals surface area contributed by atoms with Crippen LogP contribution in [0.25, 0.3) is 0 Å². The van der Waals surface area contributed by atoms with Gasteiger partial charge in [-0.25, -0.2) is 0 Å². The summed E-state index contributed by atoms with van der Waals surface area (Å²) in [7, 11) is 0. The summed E-state index contributed by atoms with van der Waals surface area (Å²) >= 11 is 6.07. The Kier molecular flexibility index (Phi) is 3.82. The number of benzene rings is 1. The molecule has 1 aromatic carbocycles. The lowest BCUT2D eigenvalue weighted by Crippen LogP contribution is -2.10. The van der Waals surface area contributed by atoms with Crippen molar-refractivity contribution < 1.29 is 5.11 Å². The lowest BCUT2D eigenvalue weighted by molar-refractivity contribution is 0.167. The summed E-state index contributed by atoms with van der Waals surface area (Å²) in [6, 6.07) is 9.41. The number of aryl methyl sites for hydroxylation is 1. The zero-order chi connectivity index (χ0) is 12.3. The van der Waals surface area contributed by atoms with Crippen molar-refractivity contribution in [3.8, 4) is 0 Å². The van der Waals surface area contributed by atoms with Gasteiger partial charge in [0.05, 0.1) is 11.8 Å². The van der Waals surface area contributed by atoms with Crippen molar-refractivity contribution >= 4 is 11.6 Å². The quantitative estimate of drug-likeness (QED) is 0.906. The molecule has 4 heteroatoms. The summed E-state index contributed by atoms with van der Waals surface area (Å²) in [6.07, 6.45) is 1.64. The highest BCUT2D eigenvalue weighted by Crippen LogP contribution is 2.23. The standard InChI is InChI=1S/C13H15ClN2O/c1-2-16-12(7-8-15-16)13(17)9-10-5-3-4-6-11(10)14/h3-8,13,17H,2,9H2,1H3. The Morgan fingerprint density at radius 3 is 2.82 bits per heavy atom. The molecule has 0 bridgehead atoms. The zero-order valence-electron chi connectivity index (χ0n) is 9.68. The Bertz CT molecular complexity index is 496. The van der Waals surface area contributed by atoms with Crippen LogP contribution in [0, 0.1) is 0 Å². The van der Waals surface area contributed by atoms with Crippen LogP contribution >= 0.6 is 11.6 Å². The van der Waals surface area contributed by atoms with Gasteiger partial charge in [-0.2, -0.15) is 5.10 Å².